The number of rotatable bonds is 4. The molecule has 3 unspecified atom stereocenters. The van der Waals surface area contributed by atoms with E-state index in [1.165, 1.54) is 44.9 Å². The van der Waals surface area contributed by atoms with Gasteiger partial charge in [-0.05, 0) is 55.3 Å². The van der Waals surface area contributed by atoms with Crippen molar-refractivity contribution in [2.24, 2.45) is 23.2 Å². The molecule has 0 heterocycles. The lowest BCUT2D eigenvalue weighted by Gasteiger charge is -2.49. The number of hydrogen-bond donors (Lipinski definition) is 0. The summed E-state index contributed by atoms with van der Waals surface area (Å²) in [5.74, 6) is 2.54. The molecule has 0 aromatic rings. The first-order valence-corrected chi connectivity index (χ1v) is 8.92. The number of hydrogen-bond acceptors (Lipinski definition) is 1. The zero-order valence-corrected chi connectivity index (χ0v) is 13.5. The third-order valence-corrected chi connectivity index (χ3v) is 7.29. The van der Waals surface area contributed by atoms with Gasteiger partial charge >= 0.3 is 0 Å². The molecule has 3 atom stereocenters. The van der Waals surface area contributed by atoms with Gasteiger partial charge in [0.2, 0.25) is 0 Å². The molecule has 3 rings (SSSR count). The van der Waals surface area contributed by atoms with Crippen LogP contribution in [0.3, 0.4) is 0 Å². The molecule has 0 spiro atoms. The molecule has 3 fully saturated rings. The summed E-state index contributed by atoms with van der Waals surface area (Å²) in [7, 11) is 0. The first-order chi connectivity index (χ1) is 8.60. The Hall–Kier alpha value is 0.440. The van der Waals surface area contributed by atoms with Gasteiger partial charge in [0.1, 0.15) is 0 Å². The van der Waals surface area contributed by atoms with Crippen molar-refractivity contribution in [2.45, 2.75) is 64.4 Å². The molecule has 0 aromatic carbocycles. The van der Waals surface area contributed by atoms with Gasteiger partial charge < -0.3 is 4.74 Å². The highest BCUT2D eigenvalue weighted by Gasteiger charge is 2.63. The van der Waals surface area contributed by atoms with Crippen LogP contribution in [0.1, 0.15) is 58.8 Å². The monoisotopic (exact) mass is 314 g/mol. The minimum absolute atomic E-state index is 0.124. The molecule has 3 saturated carbocycles. The van der Waals surface area contributed by atoms with Gasteiger partial charge in [0, 0.05) is 5.33 Å². The summed E-state index contributed by atoms with van der Waals surface area (Å²) < 4.78 is 6.63. The van der Waals surface area contributed by atoms with Crippen LogP contribution in [0.2, 0.25) is 0 Å². The number of alkyl halides is 1. The second-order valence-corrected chi connectivity index (χ2v) is 7.97. The van der Waals surface area contributed by atoms with Crippen LogP contribution >= 0.6 is 15.9 Å². The summed E-state index contributed by atoms with van der Waals surface area (Å²) in [4.78, 5) is 0. The summed E-state index contributed by atoms with van der Waals surface area (Å²) in [6.45, 7) is 5.91. The largest absolute Gasteiger partial charge is 0.373 e. The Labute approximate surface area is 120 Å². The van der Waals surface area contributed by atoms with Gasteiger partial charge in [-0.1, -0.05) is 42.6 Å². The highest BCUT2D eigenvalue weighted by atomic mass is 79.9. The molecule has 3 aliphatic rings. The van der Waals surface area contributed by atoms with E-state index in [2.05, 4.69) is 29.8 Å². The van der Waals surface area contributed by atoms with E-state index in [1.54, 1.807) is 0 Å². The van der Waals surface area contributed by atoms with Crippen molar-refractivity contribution in [1.82, 2.24) is 0 Å². The summed E-state index contributed by atoms with van der Waals surface area (Å²) in [6, 6.07) is 0. The zero-order valence-electron chi connectivity index (χ0n) is 11.9. The summed E-state index contributed by atoms with van der Waals surface area (Å²) in [6.07, 6.45) is 9.86. The van der Waals surface area contributed by atoms with Crippen molar-refractivity contribution in [2.75, 3.05) is 11.9 Å². The summed E-state index contributed by atoms with van der Waals surface area (Å²) in [5.41, 5.74) is 0.483. The van der Waals surface area contributed by atoms with Crippen LogP contribution in [0.5, 0.6) is 0 Å². The van der Waals surface area contributed by atoms with E-state index in [0.717, 1.165) is 29.7 Å². The van der Waals surface area contributed by atoms with E-state index in [0.29, 0.717) is 5.41 Å². The van der Waals surface area contributed by atoms with Crippen LogP contribution in [0, 0.1) is 23.2 Å². The molecule has 2 bridgehead atoms. The van der Waals surface area contributed by atoms with Gasteiger partial charge in [-0.2, -0.15) is 0 Å². The maximum Gasteiger partial charge on any atom is 0.0860 e. The van der Waals surface area contributed by atoms with Crippen molar-refractivity contribution < 1.29 is 4.74 Å². The number of ether oxygens (including phenoxy) is 1. The number of halogens is 1. The Balaban J connectivity index is 1.73. The Kier molecular flexibility index (Phi) is 3.56. The maximum absolute atomic E-state index is 6.63. The van der Waals surface area contributed by atoms with Gasteiger partial charge in [-0.3, -0.25) is 0 Å². The van der Waals surface area contributed by atoms with Crippen molar-refractivity contribution in [3.63, 3.8) is 0 Å². The molecule has 104 valence electrons. The maximum atomic E-state index is 6.63. The molecule has 0 N–H and O–H groups in total. The standard InChI is InChI=1S/C16H27BrO/c1-15(2)13-7-8-14(9-13)16(15,11-17)18-10-12-5-3-4-6-12/h12-14H,3-11H2,1-2H3. The molecule has 0 radical (unpaired) electrons. The minimum atomic E-state index is 0.124. The van der Waals surface area contributed by atoms with Gasteiger partial charge in [0.05, 0.1) is 12.2 Å². The van der Waals surface area contributed by atoms with E-state index in [1.807, 2.05) is 0 Å². The molecule has 2 heteroatoms. The second-order valence-electron chi connectivity index (χ2n) is 7.41. The van der Waals surface area contributed by atoms with Crippen LogP contribution in [0.4, 0.5) is 0 Å². The lowest BCUT2D eigenvalue weighted by molar-refractivity contribution is -0.145. The highest BCUT2D eigenvalue weighted by Crippen LogP contribution is 2.63. The van der Waals surface area contributed by atoms with Crippen molar-refractivity contribution in [1.29, 1.82) is 0 Å². The second kappa shape index (κ2) is 4.77. The fraction of sp³-hybridized carbons (Fsp3) is 1.00. The first kappa shape index (κ1) is 13.4. The molecule has 0 aromatic heterocycles. The molecule has 0 aliphatic heterocycles. The van der Waals surface area contributed by atoms with Crippen molar-refractivity contribution >= 4 is 15.9 Å². The summed E-state index contributed by atoms with van der Waals surface area (Å²) >= 11 is 3.80. The van der Waals surface area contributed by atoms with Crippen LogP contribution in [-0.4, -0.2) is 17.5 Å². The quantitative estimate of drug-likeness (QED) is 0.678. The molecule has 3 aliphatic carbocycles. The lowest BCUT2D eigenvalue weighted by Crippen LogP contribution is -2.53. The van der Waals surface area contributed by atoms with Crippen LogP contribution in [-0.2, 0) is 4.74 Å². The average molecular weight is 315 g/mol. The van der Waals surface area contributed by atoms with Crippen LogP contribution in [0.25, 0.3) is 0 Å². The van der Waals surface area contributed by atoms with Crippen LogP contribution < -0.4 is 0 Å². The first-order valence-electron chi connectivity index (χ1n) is 7.80. The molecule has 1 nitrogen and oxygen atoms in total. The molecule has 18 heavy (non-hydrogen) atoms. The van der Waals surface area contributed by atoms with E-state index in [4.69, 9.17) is 4.74 Å². The highest BCUT2D eigenvalue weighted by molar-refractivity contribution is 9.09. The van der Waals surface area contributed by atoms with Crippen molar-refractivity contribution in [3.05, 3.63) is 0 Å². The Morgan fingerprint density at radius 1 is 1.06 bits per heavy atom. The van der Waals surface area contributed by atoms with E-state index in [-0.39, 0.29) is 5.60 Å². The predicted octanol–water partition coefficient (Wildman–Crippen LogP) is 4.78. The third-order valence-electron chi connectivity index (χ3n) is 6.45. The van der Waals surface area contributed by atoms with Gasteiger partial charge in [-0.15, -0.1) is 0 Å². The molecular weight excluding hydrogens is 288 g/mol. The minimum Gasteiger partial charge on any atom is -0.373 e. The Morgan fingerprint density at radius 2 is 1.72 bits per heavy atom. The molecular formula is C16H27BrO. The summed E-state index contributed by atoms with van der Waals surface area (Å²) in [5, 5.41) is 1.03. The average Bonchev–Trinajstić information content (AvgIpc) is 3.03. The normalized spacial score (nSPS) is 42.8. The van der Waals surface area contributed by atoms with Gasteiger partial charge in [0.25, 0.3) is 0 Å². The zero-order chi connectivity index (χ0) is 12.8. The van der Waals surface area contributed by atoms with Gasteiger partial charge in [0.15, 0.2) is 0 Å². The van der Waals surface area contributed by atoms with E-state index in [9.17, 15) is 0 Å². The fourth-order valence-electron chi connectivity index (χ4n) is 5.00. The van der Waals surface area contributed by atoms with E-state index >= 15 is 0 Å². The van der Waals surface area contributed by atoms with Gasteiger partial charge in [-0.25, -0.2) is 0 Å². The SMILES string of the molecule is CC1(C)C2CCC(C2)C1(CBr)OCC1CCCC1. The Morgan fingerprint density at radius 3 is 2.28 bits per heavy atom. The Bertz CT molecular complexity index is 308. The topological polar surface area (TPSA) is 9.23 Å². The lowest BCUT2D eigenvalue weighted by atomic mass is 9.66. The van der Waals surface area contributed by atoms with E-state index < -0.39 is 0 Å². The fourth-order valence-corrected chi connectivity index (χ4v) is 6.34. The number of fused-ring (bicyclic) bond motifs is 2. The third kappa shape index (κ3) is 1.82. The predicted molar refractivity (Wildman–Crippen MR) is 79.0 cm³/mol. The molecule has 0 saturated heterocycles. The molecule has 0 amide bonds. The van der Waals surface area contributed by atoms with Crippen LogP contribution in [0.15, 0.2) is 0 Å². The van der Waals surface area contributed by atoms with Crippen molar-refractivity contribution in [3.8, 4) is 0 Å². The smallest absolute Gasteiger partial charge is 0.0860 e.